The van der Waals surface area contributed by atoms with Crippen molar-refractivity contribution in [3.05, 3.63) is 59.4 Å². The van der Waals surface area contributed by atoms with Crippen molar-refractivity contribution < 1.29 is 0 Å². The molecule has 0 atom stereocenters. The number of nitrogens with one attached hydrogen (secondary N) is 1. The average Bonchev–Trinajstić information content (AvgIpc) is 2.86. The highest BCUT2D eigenvalue weighted by atomic mass is 15.1. The lowest BCUT2D eigenvalue weighted by Gasteiger charge is -2.12. The van der Waals surface area contributed by atoms with Crippen LogP contribution in [0, 0.1) is 0 Å². The van der Waals surface area contributed by atoms with Gasteiger partial charge in [0, 0.05) is 50.7 Å². The molecular weight excluding hydrogens is 246 g/mol. The zero-order chi connectivity index (χ0) is 13.8. The van der Waals surface area contributed by atoms with Crippen LogP contribution in [0.3, 0.4) is 0 Å². The van der Waals surface area contributed by atoms with Crippen LogP contribution in [0.15, 0.2) is 42.6 Å². The van der Waals surface area contributed by atoms with Crippen LogP contribution in [0.4, 0.5) is 5.69 Å². The van der Waals surface area contributed by atoms with Gasteiger partial charge in [0.05, 0.1) is 0 Å². The summed E-state index contributed by atoms with van der Waals surface area (Å²) in [5, 5.41) is 3.50. The summed E-state index contributed by atoms with van der Waals surface area (Å²) in [7, 11) is 2.16. The highest BCUT2D eigenvalue weighted by Gasteiger charge is 2.15. The molecule has 1 aliphatic rings. The third-order valence-electron chi connectivity index (χ3n) is 3.88. The molecule has 2 aromatic rings. The standard InChI is InChI=1S/C17H21N3/c1-20-11-8-15-12-14(5-6-17(15)20)13-18-10-7-16-4-2-3-9-19-16/h2-6,9,12,18H,7-8,10-11,13H2,1H3. The van der Waals surface area contributed by atoms with E-state index in [1.54, 1.807) is 0 Å². The Balaban J connectivity index is 1.50. The first-order valence-corrected chi connectivity index (χ1v) is 7.26. The second kappa shape index (κ2) is 6.06. The molecule has 0 saturated heterocycles. The van der Waals surface area contributed by atoms with E-state index in [9.17, 15) is 0 Å². The monoisotopic (exact) mass is 267 g/mol. The molecule has 0 unspecified atom stereocenters. The fourth-order valence-electron chi connectivity index (χ4n) is 2.73. The van der Waals surface area contributed by atoms with Crippen LogP contribution in [0.1, 0.15) is 16.8 Å². The van der Waals surface area contributed by atoms with Crippen molar-refractivity contribution in [1.29, 1.82) is 0 Å². The smallest absolute Gasteiger partial charge is 0.0416 e. The summed E-state index contributed by atoms with van der Waals surface area (Å²) >= 11 is 0. The van der Waals surface area contributed by atoms with Gasteiger partial charge in [-0.1, -0.05) is 18.2 Å². The molecule has 20 heavy (non-hydrogen) atoms. The number of hydrogen-bond donors (Lipinski definition) is 1. The van der Waals surface area contributed by atoms with Gasteiger partial charge in [-0.15, -0.1) is 0 Å². The molecular formula is C17H21N3. The van der Waals surface area contributed by atoms with Crippen molar-refractivity contribution in [3.63, 3.8) is 0 Å². The summed E-state index contributed by atoms with van der Waals surface area (Å²) < 4.78 is 0. The number of nitrogens with zero attached hydrogens (tertiary/aromatic N) is 2. The Morgan fingerprint density at radius 1 is 1.25 bits per heavy atom. The predicted octanol–water partition coefficient (Wildman–Crippen LogP) is 2.41. The number of benzene rings is 1. The van der Waals surface area contributed by atoms with E-state index in [1.165, 1.54) is 23.2 Å². The van der Waals surface area contributed by atoms with Crippen molar-refractivity contribution in [2.45, 2.75) is 19.4 Å². The third-order valence-corrected chi connectivity index (χ3v) is 3.88. The number of likely N-dealkylation sites (N-methyl/N-ethyl adjacent to an activating group) is 1. The molecule has 1 N–H and O–H groups in total. The van der Waals surface area contributed by atoms with Gasteiger partial charge in [0.25, 0.3) is 0 Å². The molecule has 3 heteroatoms. The Hall–Kier alpha value is -1.87. The van der Waals surface area contributed by atoms with Gasteiger partial charge in [-0.05, 0) is 35.7 Å². The molecule has 3 nitrogen and oxygen atoms in total. The third kappa shape index (κ3) is 2.99. The normalized spacial score (nSPS) is 13.6. The van der Waals surface area contributed by atoms with E-state index in [4.69, 9.17) is 0 Å². The van der Waals surface area contributed by atoms with Gasteiger partial charge >= 0.3 is 0 Å². The zero-order valence-electron chi connectivity index (χ0n) is 12.0. The minimum Gasteiger partial charge on any atom is -0.374 e. The van der Waals surface area contributed by atoms with E-state index < -0.39 is 0 Å². The maximum atomic E-state index is 4.33. The van der Waals surface area contributed by atoms with E-state index in [2.05, 4.69) is 46.5 Å². The second-order valence-corrected chi connectivity index (χ2v) is 5.38. The molecule has 0 bridgehead atoms. The Kier molecular flexibility index (Phi) is 3.97. The predicted molar refractivity (Wildman–Crippen MR) is 83.1 cm³/mol. The summed E-state index contributed by atoms with van der Waals surface area (Å²) in [4.78, 5) is 6.66. The van der Waals surface area contributed by atoms with Crippen LogP contribution >= 0.6 is 0 Å². The maximum Gasteiger partial charge on any atom is 0.0416 e. The summed E-state index contributed by atoms with van der Waals surface area (Å²) in [6.07, 6.45) is 4.01. The second-order valence-electron chi connectivity index (χ2n) is 5.38. The number of hydrogen-bond acceptors (Lipinski definition) is 3. The molecule has 0 saturated carbocycles. The molecule has 3 rings (SSSR count). The SMILES string of the molecule is CN1CCc2cc(CNCCc3ccccn3)ccc21. The molecule has 0 aliphatic carbocycles. The van der Waals surface area contributed by atoms with E-state index >= 15 is 0 Å². The lowest BCUT2D eigenvalue weighted by molar-refractivity contribution is 0.679. The van der Waals surface area contributed by atoms with Gasteiger partial charge in [0.15, 0.2) is 0 Å². The molecule has 0 spiro atoms. The van der Waals surface area contributed by atoms with Gasteiger partial charge in [-0.3, -0.25) is 4.98 Å². The van der Waals surface area contributed by atoms with Crippen molar-refractivity contribution in [2.24, 2.45) is 0 Å². The molecule has 104 valence electrons. The first-order chi connectivity index (χ1) is 9.83. The van der Waals surface area contributed by atoms with E-state index in [-0.39, 0.29) is 0 Å². The van der Waals surface area contributed by atoms with Crippen molar-refractivity contribution in [1.82, 2.24) is 10.3 Å². The fourth-order valence-corrected chi connectivity index (χ4v) is 2.73. The zero-order valence-corrected chi connectivity index (χ0v) is 12.0. The molecule has 0 amide bonds. The largest absolute Gasteiger partial charge is 0.374 e. The lowest BCUT2D eigenvalue weighted by Crippen LogP contribution is -2.17. The minimum absolute atomic E-state index is 0.934. The number of anilines is 1. The van der Waals surface area contributed by atoms with Crippen LogP contribution in [-0.2, 0) is 19.4 Å². The Labute approximate surface area is 120 Å². The molecule has 2 heterocycles. The highest BCUT2D eigenvalue weighted by molar-refractivity contribution is 5.58. The number of pyridine rings is 1. The van der Waals surface area contributed by atoms with Gasteiger partial charge in [0.2, 0.25) is 0 Å². The summed E-state index contributed by atoms with van der Waals surface area (Å²) in [6, 6.07) is 12.9. The van der Waals surface area contributed by atoms with Crippen LogP contribution in [0.5, 0.6) is 0 Å². The topological polar surface area (TPSA) is 28.2 Å². The van der Waals surface area contributed by atoms with Crippen LogP contribution in [-0.4, -0.2) is 25.1 Å². The van der Waals surface area contributed by atoms with Crippen molar-refractivity contribution in [2.75, 3.05) is 25.0 Å². The van der Waals surface area contributed by atoms with Gasteiger partial charge in [0.1, 0.15) is 0 Å². The van der Waals surface area contributed by atoms with Gasteiger partial charge in [-0.25, -0.2) is 0 Å². The van der Waals surface area contributed by atoms with Crippen LogP contribution < -0.4 is 10.2 Å². The van der Waals surface area contributed by atoms with Crippen LogP contribution in [0.2, 0.25) is 0 Å². The Morgan fingerprint density at radius 3 is 3.05 bits per heavy atom. The van der Waals surface area contributed by atoms with E-state index in [0.717, 1.165) is 31.7 Å². The molecule has 0 radical (unpaired) electrons. The number of aromatic nitrogens is 1. The number of rotatable bonds is 5. The minimum atomic E-state index is 0.934. The van der Waals surface area contributed by atoms with Gasteiger partial charge in [-0.2, -0.15) is 0 Å². The molecule has 1 aromatic heterocycles. The van der Waals surface area contributed by atoms with E-state index in [0.29, 0.717) is 0 Å². The first-order valence-electron chi connectivity index (χ1n) is 7.26. The van der Waals surface area contributed by atoms with Crippen molar-refractivity contribution in [3.8, 4) is 0 Å². The highest BCUT2D eigenvalue weighted by Crippen LogP contribution is 2.27. The van der Waals surface area contributed by atoms with Gasteiger partial charge < -0.3 is 10.2 Å². The summed E-state index contributed by atoms with van der Waals surface area (Å²) in [5.74, 6) is 0. The number of fused-ring (bicyclic) bond motifs is 1. The first kappa shape index (κ1) is 13.1. The van der Waals surface area contributed by atoms with Crippen LogP contribution in [0.25, 0.3) is 0 Å². The average molecular weight is 267 g/mol. The summed E-state index contributed by atoms with van der Waals surface area (Å²) in [5.41, 5.74) is 5.40. The van der Waals surface area contributed by atoms with E-state index in [1.807, 2.05) is 18.3 Å². The summed E-state index contributed by atoms with van der Waals surface area (Å²) in [6.45, 7) is 3.05. The lowest BCUT2D eigenvalue weighted by atomic mass is 10.1. The fraction of sp³-hybridized carbons (Fsp3) is 0.353. The Morgan fingerprint density at radius 2 is 2.20 bits per heavy atom. The maximum absolute atomic E-state index is 4.33. The molecule has 1 aliphatic heterocycles. The van der Waals surface area contributed by atoms with Crippen molar-refractivity contribution >= 4 is 5.69 Å². The Bertz CT molecular complexity index is 566. The molecule has 0 fully saturated rings. The molecule has 1 aromatic carbocycles. The quantitative estimate of drug-likeness (QED) is 0.843.